The molecule has 11 heavy (non-hydrogen) atoms. The lowest BCUT2D eigenvalue weighted by Gasteiger charge is -1.96. The van der Waals surface area contributed by atoms with Gasteiger partial charge in [0.15, 0.2) is 0 Å². The molecule has 1 saturated heterocycles. The van der Waals surface area contributed by atoms with Crippen molar-refractivity contribution in [3.05, 3.63) is 0 Å². The lowest BCUT2D eigenvalue weighted by Crippen LogP contribution is -2.16. The predicted octanol–water partition coefficient (Wildman–Crippen LogP) is -0.619. The first kappa shape index (κ1) is 9.90. The molecule has 0 aliphatic carbocycles. The van der Waals surface area contributed by atoms with Gasteiger partial charge in [-0.15, -0.1) is 0 Å². The van der Waals surface area contributed by atoms with E-state index in [1.165, 1.54) is 0 Å². The Kier molecular flexibility index (Phi) is 5.10. The largest absolute Gasteiger partial charge is 0.483 e. The summed E-state index contributed by atoms with van der Waals surface area (Å²) in [6.45, 7) is 1.26. The molecule has 1 heterocycles. The Hall–Kier alpha value is -1.10. The Morgan fingerprint density at radius 3 is 2.36 bits per heavy atom. The first-order valence-electron chi connectivity index (χ1n) is 3.23. The van der Waals surface area contributed by atoms with Crippen LogP contribution in [0.15, 0.2) is 0 Å². The summed E-state index contributed by atoms with van der Waals surface area (Å²) in [5, 5.41) is 18.2. The predicted molar refractivity (Wildman–Crippen MR) is 37.3 cm³/mol. The topological polar surface area (TPSA) is 86.6 Å². The Bertz CT molecular complexity index is 131. The van der Waals surface area contributed by atoms with Crippen LogP contribution in [0.3, 0.4) is 0 Å². The molecule has 0 spiro atoms. The maximum absolute atomic E-state index is 10.2. The number of carboxylic acid groups (broad SMARTS) is 2. The highest BCUT2D eigenvalue weighted by Gasteiger charge is 2.20. The lowest BCUT2D eigenvalue weighted by atomic mass is 10.1. The quantitative estimate of drug-likeness (QED) is 0.446. The van der Waals surface area contributed by atoms with Gasteiger partial charge in [-0.2, -0.15) is 0 Å². The van der Waals surface area contributed by atoms with Crippen molar-refractivity contribution in [1.29, 1.82) is 0 Å². The van der Waals surface area contributed by atoms with Crippen molar-refractivity contribution in [2.75, 3.05) is 13.1 Å². The van der Waals surface area contributed by atoms with Gasteiger partial charge in [0.25, 0.3) is 6.47 Å². The molecular weight excluding hydrogens is 150 g/mol. The molecule has 0 unspecified atom stereocenters. The zero-order valence-corrected chi connectivity index (χ0v) is 5.99. The van der Waals surface area contributed by atoms with Gasteiger partial charge in [-0.05, 0) is 13.0 Å². The zero-order chi connectivity index (χ0) is 8.69. The van der Waals surface area contributed by atoms with Crippen molar-refractivity contribution in [2.45, 2.75) is 6.42 Å². The average molecular weight is 161 g/mol. The first-order valence-corrected chi connectivity index (χ1v) is 3.23. The van der Waals surface area contributed by atoms with Crippen molar-refractivity contribution in [3.8, 4) is 0 Å². The fourth-order valence-corrected chi connectivity index (χ4v) is 0.865. The molecule has 0 aromatic heterocycles. The normalized spacial score (nSPS) is 21.6. The SMILES string of the molecule is O=C(O)[C@H]1CCNC1.O=CO. The van der Waals surface area contributed by atoms with E-state index < -0.39 is 5.97 Å². The van der Waals surface area contributed by atoms with E-state index >= 15 is 0 Å². The van der Waals surface area contributed by atoms with Crippen LogP contribution in [0, 0.1) is 5.92 Å². The maximum Gasteiger partial charge on any atom is 0.307 e. The van der Waals surface area contributed by atoms with E-state index in [0.717, 1.165) is 13.0 Å². The van der Waals surface area contributed by atoms with Gasteiger partial charge < -0.3 is 15.5 Å². The summed E-state index contributed by atoms with van der Waals surface area (Å²) in [6, 6.07) is 0. The molecule has 0 amide bonds. The van der Waals surface area contributed by atoms with Gasteiger partial charge in [0.2, 0.25) is 0 Å². The number of carboxylic acids is 1. The lowest BCUT2D eigenvalue weighted by molar-refractivity contribution is -0.141. The van der Waals surface area contributed by atoms with Crippen molar-refractivity contribution >= 4 is 12.4 Å². The number of carbonyl (C=O) groups is 2. The van der Waals surface area contributed by atoms with Crippen LogP contribution in [0.25, 0.3) is 0 Å². The fourth-order valence-electron chi connectivity index (χ4n) is 0.865. The molecule has 1 atom stereocenters. The number of hydrogen-bond acceptors (Lipinski definition) is 3. The molecule has 64 valence electrons. The molecule has 1 fully saturated rings. The minimum absolute atomic E-state index is 0.130. The maximum atomic E-state index is 10.2. The highest BCUT2D eigenvalue weighted by atomic mass is 16.4. The third-order valence-corrected chi connectivity index (χ3v) is 1.41. The molecule has 1 aliphatic heterocycles. The van der Waals surface area contributed by atoms with Crippen LogP contribution < -0.4 is 5.32 Å². The third-order valence-electron chi connectivity index (χ3n) is 1.41. The summed E-state index contributed by atoms with van der Waals surface area (Å²) < 4.78 is 0. The van der Waals surface area contributed by atoms with E-state index in [1.54, 1.807) is 0 Å². The smallest absolute Gasteiger partial charge is 0.307 e. The third kappa shape index (κ3) is 4.32. The van der Waals surface area contributed by atoms with Crippen molar-refractivity contribution in [3.63, 3.8) is 0 Å². The summed E-state index contributed by atoms with van der Waals surface area (Å²) in [6.07, 6.45) is 0.787. The molecule has 0 aromatic carbocycles. The molecule has 5 heteroatoms. The summed E-state index contributed by atoms with van der Waals surface area (Å²) in [5.41, 5.74) is 0. The molecule has 1 rings (SSSR count). The Balaban J connectivity index is 0.000000292. The number of aliphatic carboxylic acids is 1. The van der Waals surface area contributed by atoms with Crippen LogP contribution in [-0.2, 0) is 9.59 Å². The van der Waals surface area contributed by atoms with Crippen LogP contribution >= 0.6 is 0 Å². The second kappa shape index (κ2) is 5.67. The summed E-state index contributed by atoms with van der Waals surface area (Å²) in [4.78, 5) is 18.5. The van der Waals surface area contributed by atoms with Crippen molar-refractivity contribution < 1.29 is 19.8 Å². The zero-order valence-electron chi connectivity index (χ0n) is 5.99. The van der Waals surface area contributed by atoms with Gasteiger partial charge in [0.1, 0.15) is 0 Å². The van der Waals surface area contributed by atoms with E-state index in [9.17, 15) is 4.79 Å². The molecule has 1 aliphatic rings. The summed E-state index contributed by atoms with van der Waals surface area (Å²) in [7, 11) is 0. The Morgan fingerprint density at radius 1 is 1.64 bits per heavy atom. The molecule has 0 saturated carbocycles. The number of hydrogen-bond donors (Lipinski definition) is 3. The van der Waals surface area contributed by atoms with E-state index in [2.05, 4.69) is 5.32 Å². The van der Waals surface area contributed by atoms with Crippen LogP contribution in [-0.4, -0.2) is 35.7 Å². The van der Waals surface area contributed by atoms with Crippen LogP contribution in [0.4, 0.5) is 0 Å². The van der Waals surface area contributed by atoms with Gasteiger partial charge in [-0.25, -0.2) is 0 Å². The standard InChI is InChI=1S/C5H9NO2.CH2O2/c7-5(8)4-1-2-6-3-4;2-1-3/h4,6H,1-3H2,(H,7,8);1H,(H,2,3)/t4-;/m0./s1. The van der Waals surface area contributed by atoms with Crippen molar-refractivity contribution in [2.24, 2.45) is 5.92 Å². The average Bonchev–Trinajstić information content (AvgIpc) is 2.38. The Morgan fingerprint density at radius 2 is 2.18 bits per heavy atom. The first-order chi connectivity index (χ1) is 5.22. The van der Waals surface area contributed by atoms with Gasteiger partial charge in [-0.1, -0.05) is 0 Å². The van der Waals surface area contributed by atoms with Gasteiger partial charge in [-0.3, -0.25) is 9.59 Å². The van der Waals surface area contributed by atoms with Gasteiger partial charge in [0.05, 0.1) is 5.92 Å². The minimum Gasteiger partial charge on any atom is -0.483 e. The minimum atomic E-state index is -0.671. The molecule has 5 nitrogen and oxygen atoms in total. The van der Waals surface area contributed by atoms with E-state index in [4.69, 9.17) is 15.0 Å². The second-order valence-corrected chi connectivity index (χ2v) is 2.13. The molecular formula is C6H11NO4. The molecule has 0 bridgehead atoms. The fraction of sp³-hybridized carbons (Fsp3) is 0.667. The highest BCUT2D eigenvalue weighted by molar-refractivity contribution is 5.70. The van der Waals surface area contributed by atoms with Crippen LogP contribution in [0.2, 0.25) is 0 Å². The van der Waals surface area contributed by atoms with E-state index in [0.29, 0.717) is 6.54 Å². The number of nitrogens with one attached hydrogen (secondary N) is 1. The molecule has 0 radical (unpaired) electrons. The van der Waals surface area contributed by atoms with E-state index in [-0.39, 0.29) is 12.4 Å². The summed E-state index contributed by atoms with van der Waals surface area (Å²) >= 11 is 0. The summed E-state index contributed by atoms with van der Waals surface area (Å²) in [5.74, 6) is -0.801. The molecule has 0 aromatic rings. The highest BCUT2D eigenvalue weighted by Crippen LogP contribution is 2.05. The second-order valence-electron chi connectivity index (χ2n) is 2.13. The van der Waals surface area contributed by atoms with E-state index in [1.807, 2.05) is 0 Å². The van der Waals surface area contributed by atoms with Crippen LogP contribution in [0.1, 0.15) is 6.42 Å². The number of rotatable bonds is 1. The van der Waals surface area contributed by atoms with Crippen LogP contribution in [0.5, 0.6) is 0 Å². The molecule has 3 N–H and O–H groups in total. The van der Waals surface area contributed by atoms with Gasteiger partial charge >= 0.3 is 5.97 Å². The Labute approximate surface area is 64.0 Å². The monoisotopic (exact) mass is 161 g/mol. The van der Waals surface area contributed by atoms with Gasteiger partial charge in [0, 0.05) is 6.54 Å². The van der Waals surface area contributed by atoms with Crippen molar-refractivity contribution in [1.82, 2.24) is 5.32 Å².